The van der Waals surface area contributed by atoms with Crippen LogP contribution in [0.25, 0.3) is 10.4 Å². The van der Waals surface area contributed by atoms with Crippen LogP contribution in [0.3, 0.4) is 0 Å². The number of β-amino-alcohol motifs (C(OH)–C–C–N with tert-alkyl or cyclic N) is 1. The molecule has 69 heavy (non-hydrogen) atoms. The summed E-state index contributed by atoms with van der Waals surface area (Å²) in [6, 6.07) is 17.3. The van der Waals surface area contributed by atoms with Gasteiger partial charge in [-0.2, -0.15) is 0 Å². The number of hydrogen-bond acceptors (Lipinski definition) is 10. The van der Waals surface area contributed by atoms with Crippen molar-refractivity contribution in [2.24, 2.45) is 5.41 Å². The Balaban J connectivity index is 0.840. The van der Waals surface area contributed by atoms with Crippen LogP contribution in [-0.2, 0) is 20.9 Å². The van der Waals surface area contributed by atoms with E-state index in [2.05, 4.69) is 36.3 Å². The second-order valence-corrected chi connectivity index (χ2v) is 19.5. The number of ether oxygens (including phenoxy) is 2. The topological polar surface area (TPSA) is 200 Å². The number of thiazole rings is 1. The summed E-state index contributed by atoms with van der Waals surface area (Å²) >= 11 is 1.57. The molecule has 2 aliphatic rings. The summed E-state index contributed by atoms with van der Waals surface area (Å²) in [5.41, 5.74) is 4.84. The first-order valence-electron chi connectivity index (χ1n) is 23.3. The Morgan fingerprint density at radius 2 is 1.52 bits per heavy atom. The molecular weight excluding hydrogens is 916 g/mol. The van der Waals surface area contributed by atoms with Gasteiger partial charge in [0.2, 0.25) is 17.7 Å². The van der Waals surface area contributed by atoms with Crippen molar-refractivity contribution in [1.29, 1.82) is 0 Å². The molecule has 3 atom stereocenters. The van der Waals surface area contributed by atoms with E-state index in [-0.39, 0.29) is 61.5 Å². The van der Waals surface area contributed by atoms with Crippen molar-refractivity contribution in [1.82, 2.24) is 31.2 Å². The van der Waals surface area contributed by atoms with Crippen molar-refractivity contribution in [3.63, 3.8) is 0 Å². The molecule has 1 aliphatic carbocycles. The average Bonchev–Trinajstić information content (AvgIpc) is 3.92. The van der Waals surface area contributed by atoms with Crippen LogP contribution in [0.2, 0.25) is 0 Å². The van der Waals surface area contributed by atoms with Crippen LogP contribution in [-0.4, -0.2) is 94.4 Å². The fraction of sp³-hybridized carbons (Fsp3) is 0.480. The van der Waals surface area contributed by atoms with Gasteiger partial charge in [-0.25, -0.2) is 9.78 Å². The van der Waals surface area contributed by atoms with Crippen molar-refractivity contribution >= 4 is 46.7 Å². The summed E-state index contributed by atoms with van der Waals surface area (Å²) in [4.78, 5) is 72.6. The number of amides is 6. The highest BCUT2D eigenvalue weighted by molar-refractivity contribution is 7.13. The fourth-order valence-corrected chi connectivity index (χ4v) is 9.19. The molecule has 6 amide bonds. The molecule has 1 aromatic heterocycles. The number of likely N-dealkylation sites (tertiary alicyclic amines) is 1. The van der Waals surface area contributed by atoms with Crippen molar-refractivity contribution in [2.75, 3.05) is 18.4 Å². The number of rotatable bonds is 19. The van der Waals surface area contributed by atoms with E-state index >= 15 is 0 Å². The first kappa shape index (κ1) is 52.2. The molecule has 0 bridgehead atoms. The van der Waals surface area contributed by atoms with E-state index in [1.807, 2.05) is 52.0 Å². The number of aliphatic hydroxyl groups is 1. The zero-order valence-corrected chi connectivity index (χ0v) is 40.1. The van der Waals surface area contributed by atoms with Crippen molar-refractivity contribution < 1.29 is 51.7 Å². The van der Waals surface area contributed by atoms with Gasteiger partial charge in [0.25, 0.3) is 5.91 Å². The number of carbonyl (C=O) groups excluding carboxylic acids is 5. The Kier molecular flexibility index (Phi) is 18.1. The number of nitrogens with zero attached hydrogens (tertiary/aromatic N) is 2. The van der Waals surface area contributed by atoms with Gasteiger partial charge >= 0.3 is 12.4 Å². The third kappa shape index (κ3) is 15.9. The quantitative estimate of drug-likeness (QED) is 0.0504. The fourth-order valence-electron chi connectivity index (χ4n) is 8.38. The van der Waals surface area contributed by atoms with Gasteiger partial charge in [0.15, 0.2) is 0 Å². The Bertz CT molecular complexity index is 2350. The number of aryl methyl sites for hydroxylation is 1. The van der Waals surface area contributed by atoms with Crippen molar-refractivity contribution in [3.05, 3.63) is 95.1 Å². The van der Waals surface area contributed by atoms with E-state index in [0.717, 1.165) is 46.7 Å². The van der Waals surface area contributed by atoms with Gasteiger partial charge in [-0.15, -0.1) is 24.5 Å². The van der Waals surface area contributed by atoms with E-state index in [0.29, 0.717) is 62.1 Å². The van der Waals surface area contributed by atoms with Crippen LogP contribution < -0.4 is 36.1 Å². The normalized spacial score (nSPS) is 18.7. The third-order valence-electron chi connectivity index (χ3n) is 12.1. The summed E-state index contributed by atoms with van der Waals surface area (Å²) in [5, 5.41) is 24.8. The van der Waals surface area contributed by atoms with Crippen LogP contribution in [0.1, 0.15) is 107 Å². The number of aromatic nitrogens is 1. The Hall–Kier alpha value is -6.21. The standard InChI is InChI=1S/C50H62F3N7O8S/c1-31-43(69-30-56-31)33-12-10-32(11-13-33)28-55-46(64)41-27-37(61)29-60(41)47(65)44(49(2,3)4)59-42(62)9-7-5-6-8-26-54-45(63)34-14-20-38(21-15-34)67-39-22-16-35(17-23-39)57-48(66)58-36-18-24-40(25-19-36)68-50(51,52)53/h10-15,18-21,24-25,30,35,37,39,41,44,61H,5-9,16-17,22-23,26-29H2,1-4H3,(H,54,63)(H,55,64)(H,59,62)(H2,57,58,66)/t35?,37-,39?,41+,44-/m1/s1. The molecule has 1 aliphatic heterocycles. The van der Waals surface area contributed by atoms with Crippen LogP contribution in [0.5, 0.6) is 11.5 Å². The lowest BCUT2D eigenvalue weighted by Crippen LogP contribution is -2.57. The largest absolute Gasteiger partial charge is 0.573 e. The minimum atomic E-state index is -4.80. The SMILES string of the molecule is Cc1ncsc1-c1ccc(CNC(=O)[C@@H]2C[C@@H](O)CN2C(=O)[C@@H](NC(=O)CCCCCCNC(=O)c2ccc(OC3CCC(NC(=O)Nc4ccc(OC(F)(F)F)cc4)CC3)cc2)C(C)(C)C)cc1. The molecule has 3 aromatic carbocycles. The molecule has 2 heterocycles. The molecule has 0 radical (unpaired) electrons. The molecule has 2 fully saturated rings. The number of aliphatic hydroxyl groups excluding tert-OH is 1. The zero-order chi connectivity index (χ0) is 49.7. The molecule has 6 rings (SSSR count). The van der Waals surface area contributed by atoms with Crippen LogP contribution in [0.15, 0.2) is 78.3 Å². The van der Waals surface area contributed by atoms with Crippen LogP contribution in [0.4, 0.5) is 23.7 Å². The highest BCUT2D eigenvalue weighted by Gasteiger charge is 2.44. The molecule has 1 saturated heterocycles. The van der Waals surface area contributed by atoms with Gasteiger partial charge < -0.3 is 46.1 Å². The average molecular weight is 978 g/mol. The molecule has 0 unspecified atom stereocenters. The smallest absolute Gasteiger partial charge is 0.490 e. The predicted octanol–water partition coefficient (Wildman–Crippen LogP) is 8.02. The Morgan fingerprint density at radius 1 is 0.855 bits per heavy atom. The maximum atomic E-state index is 14.0. The number of halogens is 3. The lowest BCUT2D eigenvalue weighted by atomic mass is 9.85. The van der Waals surface area contributed by atoms with Crippen molar-refractivity contribution in [3.8, 4) is 21.9 Å². The second kappa shape index (κ2) is 23.9. The van der Waals surface area contributed by atoms with Crippen LogP contribution >= 0.6 is 11.3 Å². The number of nitrogens with one attached hydrogen (secondary N) is 5. The van der Waals surface area contributed by atoms with Gasteiger partial charge in [0, 0.05) is 49.8 Å². The predicted molar refractivity (Wildman–Crippen MR) is 255 cm³/mol. The number of alkyl halides is 3. The number of carbonyl (C=O) groups is 5. The lowest BCUT2D eigenvalue weighted by Gasteiger charge is -2.35. The van der Waals surface area contributed by atoms with E-state index in [4.69, 9.17) is 4.74 Å². The van der Waals surface area contributed by atoms with Gasteiger partial charge in [-0.3, -0.25) is 19.2 Å². The van der Waals surface area contributed by atoms with Crippen LogP contribution in [0, 0.1) is 12.3 Å². The number of urea groups is 1. The summed E-state index contributed by atoms with van der Waals surface area (Å²) in [6.45, 7) is 8.22. The molecule has 15 nitrogen and oxygen atoms in total. The molecule has 19 heteroatoms. The highest BCUT2D eigenvalue weighted by atomic mass is 32.1. The summed E-state index contributed by atoms with van der Waals surface area (Å²) in [5.74, 6) is -1.03. The highest BCUT2D eigenvalue weighted by Crippen LogP contribution is 2.30. The summed E-state index contributed by atoms with van der Waals surface area (Å²) in [7, 11) is 0. The maximum Gasteiger partial charge on any atom is 0.573 e. The number of anilines is 1. The minimum absolute atomic E-state index is 0.00719. The van der Waals surface area contributed by atoms with Gasteiger partial charge in [-0.1, -0.05) is 57.9 Å². The van der Waals surface area contributed by atoms with E-state index in [1.165, 1.54) is 17.0 Å². The van der Waals surface area contributed by atoms with Gasteiger partial charge in [0.05, 0.1) is 28.3 Å². The number of benzene rings is 3. The molecule has 372 valence electrons. The first-order chi connectivity index (χ1) is 32.8. The molecule has 4 aromatic rings. The van der Waals surface area contributed by atoms with E-state index in [9.17, 15) is 42.3 Å². The molecule has 1 saturated carbocycles. The second-order valence-electron chi connectivity index (χ2n) is 18.7. The Labute approximate surface area is 404 Å². The zero-order valence-electron chi connectivity index (χ0n) is 39.3. The third-order valence-corrected chi connectivity index (χ3v) is 13.1. The van der Waals surface area contributed by atoms with Gasteiger partial charge in [0.1, 0.15) is 23.6 Å². The first-order valence-corrected chi connectivity index (χ1v) is 24.2. The number of hydrogen-bond donors (Lipinski definition) is 6. The maximum absolute atomic E-state index is 14.0. The van der Waals surface area contributed by atoms with E-state index < -0.39 is 41.9 Å². The molecule has 6 N–H and O–H groups in total. The Morgan fingerprint density at radius 3 is 2.16 bits per heavy atom. The molecular formula is C50H62F3N7O8S. The monoisotopic (exact) mass is 977 g/mol. The van der Waals surface area contributed by atoms with E-state index in [1.54, 1.807) is 41.1 Å². The lowest BCUT2D eigenvalue weighted by molar-refractivity contribution is -0.274. The number of unbranched alkanes of at least 4 members (excludes halogenated alkanes) is 3. The summed E-state index contributed by atoms with van der Waals surface area (Å²) < 4.78 is 47.2. The molecule has 0 spiro atoms. The van der Waals surface area contributed by atoms with Gasteiger partial charge in [-0.05, 0) is 111 Å². The minimum Gasteiger partial charge on any atom is -0.490 e. The summed E-state index contributed by atoms with van der Waals surface area (Å²) in [6.07, 6.45) is 0.114. The van der Waals surface area contributed by atoms with Crippen molar-refractivity contribution in [2.45, 2.75) is 135 Å².